The number of benzene rings is 1. The van der Waals surface area contributed by atoms with Crippen molar-refractivity contribution in [1.82, 2.24) is 15.3 Å². The van der Waals surface area contributed by atoms with Crippen molar-refractivity contribution in [1.29, 1.82) is 0 Å². The van der Waals surface area contributed by atoms with E-state index in [4.69, 9.17) is 4.74 Å². The fraction of sp³-hybridized carbons (Fsp3) is 0.318. The van der Waals surface area contributed by atoms with Gasteiger partial charge in [0, 0.05) is 42.5 Å². The van der Waals surface area contributed by atoms with E-state index in [2.05, 4.69) is 26.3 Å². The monoisotopic (exact) mass is 408 g/mol. The molecule has 0 atom stereocenters. The molecule has 29 heavy (non-hydrogen) atoms. The Bertz CT molecular complexity index is 922. The zero-order valence-corrected chi connectivity index (χ0v) is 17.0. The molecule has 0 radical (unpaired) electrons. The lowest BCUT2D eigenvalue weighted by Crippen LogP contribution is -2.30. The van der Waals surface area contributed by atoms with E-state index in [9.17, 15) is 4.79 Å². The van der Waals surface area contributed by atoms with Crippen LogP contribution in [0.25, 0.3) is 0 Å². The number of carbonyl (C=O) groups is 1. The smallest absolute Gasteiger partial charge is 0.263 e. The van der Waals surface area contributed by atoms with Gasteiger partial charge in [-0.3, -0.25) is 4.79 Å². The molecule has 150 valence electrons. The van der Waals surface area contributed by atoms with Crippen LogP contribution in [0.1, 0.15) is 34.5 Å². The molecule has 0 unspecified atom stereocenters. The zero-order chi connectivity index (χ0) is 19.9. The molecule has 1 aromatic carbocycles. The van der Waals surface area contributed by atoms with Crippen LogP contribution in [0.4, 0.5) is 5.82 Å². The molecule has 7 heteroatoms. The van der Waals surface area contributed by atoms with Crippen LogP contribution in [0.2, 0.25) is 0 Å². The second-order valence-corrected chi connectivity index (χ2v) is 7.98. The van der Waals surface area contributed by atoms with Crippen LogP contribution >= 0.6 is 11.3 Å². The molecule has 1 aliphatic heterocycles. The summed E-state index contributed by atoms with van der Waals surface area (Å²) in [7, 11) is 0. The van der Waals surface area contributed by atoms with Crippen LogP contribution in [-0.4, -0.2) is 35.5 Å². The van der Waals surface area contributed by atoms with E-state index in [1.165, 1.54) is 11.3 Å². The quantitative estimate of drug-likeness (QED) is 0.632. The summed E-state index contributed by atoms with van der Waals surface area (Å²) in [6.45, 7) is 2.57. The fourth-order valence-corrected chi connectivity index (χ4v) is 4.06. The van der Waals surface area contributed by atoms with E-state index in [1.54, 1.807) is 48.0 Å². The molecule has 1 amide bonds. The number of nitrogens with zero attached hydrogens (tertiary/aromatic N) is 3. The van der Waals surface area contributed by atoms with Gasteiger partial charge in [-0.15, -0.1) is 11.3 Å². The van der Waals surface area contributed by atoms with Gasteiger partial charge < -0.3 is 15.0 Å². The number of amides is 1. The number of hydrogen-bond acceptors (Lipinski definition) is 6. The zero-order valence-electron chi connectivity index (χ0n) is 16.2. The van der Waals surface area contributed by atoms with E-state index >= 15 is 0 Å². The van der Waals surface area contributed by atoms with Gasteiger partial charge in [0.2, 0.25) is 0 Å². The minimum Gasteiger partial charge on any atom is -0.436 e. The molecule has 4 rings (SSSR count). The first-order valence-electron chi connectivity index (χ1n) is 9.94. The molecule has 1 fully saturated rings. The van der Waals surface area contributed by atoms with E-state index in [-0.39, 0.29) is 5.91 Å². The summed E-state index contributed by atoms with van der Waals surface area (Å²) in [5.74, 6) is 1.84. The van der Waals surface area contributed by atoms with Crippen molar-refractivity contribution in [2.75, 3.05) is 24.5 Å². The number of ether oxygens (including phenoxy) is 1. The maximum absolute atomic E-state index is 12.3. The van der Waals surface area contributed by atoms with Gasteiger partial charge in [0.1, 0.15) is 5.75 Å². The Morgan fingerprint density at radius 1 is 1.07 bits per heavy atom. The Kier molecular flexibility index (Phi) is 6.36. The number of anilines is 1. The second-order valence-electron chi connectivity index (χ2n) is 6.94. The van der Waals surface area contributed by atoms with Crippen LogP contribution in [-0.2, 0) is 6.42 Å². The lowest BCUT2D eigenvalue weighted by atomic mass is 10.1. The third-order valence-electron chi connectivity index (χ3n) is 4.87. The Hall–Kier alpha value is -2.93. The van der Waals surface area contributed by atoms with Crippen molar-refractivity contribution in [3.05, 3.63) is 64.6 Å². The van der Waals surface area contributed by atoms with Crippen molar-refractivity contribution in [2.24, 2.45) is 0 Å². The standard InChI is InChI=1S/C22H24N4O2S/c27-21(24-11-10-19-5-4-16-29-19)17-6-8-18(9-7-17)28-22-20(23-12-13-25-22)26-14-2-1-3-15-26/h4-9,12-13,16H,1-3,10-11,14-15H2,(H,24,27). The Labute approximate surface area is 174 Å². The topological polar surface area (TPSA) is 67.3 Å². The molecular weight excluding hydrogens is 384 g/mol. The summed E-state index contributed by atoms with van der Waals surface area (Å²) in [5, 5.41) is 5.00. The third kappa shape index (κ3) is 5.12. The van der Waals surface area contributed by atoms with Crippen LogP contribution in [0.3, 0.4) is 0 Å². The Balaban J connectivity index is 1.36. The highest BCUT2D eigenvalue weighted by Gasteiger charge is 2.18. The molecular formula is C22H24N4O2S. The van der Waals surface area contributed by atoms with Gasteiger partial charge in [0.05, 0.1) is 0 Å². The molecule has 0 saturated carbocycles. The number of aromatic nitrogens is 2. The van der Waals surface area contributed by atoms with Gasteiger partial charge >= 0.3 is 0 Å². The lowest BCUT2D eigenvalue weighted by Gasteiger charge is -2.28. The van der Waals surface area contributed by atoms with Gasteiger partial charge in [-0.05, 0) is 61.4 Å². The highest BCUT2D eigenvalue weighted by Crippen LogP contribution is 2.29. The second kappa shape index (κ2) is 9.52. The fourth-order valence-electron chi connectivity index (χ4n) is 3.35. The molecule has 0 spiro atoms. The first-order chi connectivity index (χ1) is 14.3. The lowest BCUT2D eigenvalue weighted by molar-refractivity contribution is 0.0954. The average molecular weight is 409 g/mol. The first kappa shape index (κ1) is 19.4. The summed E-state index contributed by atoms with van der Waals surface area (Å²) in [4.78, 5) is 24.7. The molecule has 0 aliphatic carbocycles. The summed E-state index contributed by atoms with van der Waals surface area (Å²) in [6.07, 6.45) is 7.75. The maximum Gasteiger partial charge on any atom is 0.263 e. The number of carbonyl (C=O) groups excluding carboxylic acids is 1. The van der Waals surface area contributed by atoms with Gasteiger partial charge in [-0.2, -0.15) is 0 Å². The van der Waals surface area contributed by atoms with E-state index in [1.807, 2.05) is 11.4 Å². The molecule has 2 aromatic heterocycles. The van der Waals surface area contributed by atoms with Crippen LogP contribution < -0.4 is 15.0 Å². The predicted molar refractivity (Wildman–Crippen MR) is 115 cm³/mol. The number of hydrogen-bond donors (Lipinski definition) is 1. The molecule has 3 aromatic rings. The highest BCUT2D eigenvalue weighted by atomic mass is 32.1. The minimum absolute atomic E-state index is 0.0818. The normalized spacial score (nSPS) is 13.9. The van der Waals surface area contributed by atoms with Crippen molar-refractivity contribution < 1.29 is 9.53 Å². The van der Waals surface area contributed by atoms with Crippen LogP contribution in [0.15, 0.2) is 54.2 Å². The summed E-state index contributed by atoms with van der Waals surface area (Å²) < 4.78 is 5.98. The minimum atomic E-state index is -0.0818. The molecule has 1 aliphatic rings. The number of nitrogens with one attached hydrogen (secondary N) is 1. The predicted octanol–water partition coefficient (Wildman–Crippen LogP) is 4.29. The average Bonchev–Trinajstić information content (AvgIpc) is 3.29. The number of rotatable bonds is 7. The summed E-state index contributed by atoms with van der Waals surface area (Å²) in [5.41, 5.74) is 0.610. The maximum atomic E-state index is 12.3. The highest BCUT2D eigenvalue weighted by molar-refractivity contribution is 7.09. The molecule has 1 N–H and O–H groups in total. The first-order valence-corrected chi connectivity index (χ1v) is 10.8. The van der Waals surface area contributed by atoms with Gasteiger partial charge in [0.15, 0.2) is 5.82 Å². The van der Waals surface area contributed by atoms with Crippen molar-refractivity contribution in [3.8, 4) is 11.6 Å². The van der Waals surface area contributed by atoms with Crippen LogP contribution in [0, 0.1) is 0 Å². The van der Waals surface area contributed by atoms with Crippen molar-refractivity contribution in [2.45, 2.75) is 25.7 Å². The van der Waals surface area contributed by atoms with Gasteiger partial charge in [-0.25, -0.2) is 9.97 Å². The number of thiophene rings is 1. The van der Waals surface area contributed by atoms with E-state index in [0.29, 0.717) is 23.7 Å². The number of piperidine rings is 1. The molecule has 6 nitrogen and oxygen atoms in total. The molecule has 0 bridgehead atoms. The third-order valence-corrected chi connectivity index (χ3v) is 5.81. The van der Waals surface area contributed by atoms with Crippen LogP contribution in [0.5, 0.6) is 11.6 Å². The van der Waals surface area contributed by atoms with Crippen molar-refractivity contribution >= 4 is 23.1 Å². The Morgan fingerprint density at radius 3 is 2.62 bits per heavy atom. The molecule has 1 saturated heterocycles. The van der Waals surface area contributed by atoms with Gasteiger partial charge in [0.25, 0.3) is 11.8 Å². The molecule has 3 heterocycles. The van der Waals surface area contributed by atoms with Crippen molar-refractivity contribution in [3.63, 3.8) is 0 Å². The largest absolute Gasteiger partial charge is 0.436 e. The Morgan fingerprint density at radius 2 is 1.86 bits per heavy atom. The van der Waals surface area contributed by atoms with Gasteiger partial charge in [-0.1, -0.05) is 6.07 Å². The summed E-state index contributed by atoms with van der Waals surface area (Å²) in [6, 6.07) is 11.2. The SMILES string of the molecule is O=C(NCCc1cccs1)c1ccc(Oc2nccnc2N2CCCCC2)cc1. The van der Waals surface area contributed by atoms with E-state index < -0.39 is 0 Å². The summed E-state index contributed by atoms with van der Waals surface area (Å²) >= 11 is 1.70. The van der Waals surface area contributed by atoms with E-state index in [0.717, 1.165) is 38.2 Å².